The van der Waals surface area contributed by atoms with Crippen molar-refractivity contribution in [2.24, 2.45) is 0 Å². The van der Waals surface area contributed by atoms with Gasteiger partial charge in [0.05, 0.1) is 32.2 Å². The van der Waals surface area contributed by atoms with Crippen molar-refractivity contribution in [1.29, 1.82) is 0 Å². The van der Waals surface area contributed by atoms with Crippen LogP contribution >= 0.6 is 0 Å². The number of amides is 1. The fraction of sp³-hybridized carbons (Fsp3) is 0.278. The molecule has 1 saturated heterocycles. The molecule has 1 unspecified atom stereocenters. The van der Waals surface area contributed by atoms with Gasteiger partial charge in [0.2, 0.25) is 5.91 Å². The lowest BCUT2D eigenvalue weighted by atomic mass is 10.3. The zero-order chi connectivity index (χ0) is 22.2. The van der Waals surface area contributed by atoms with E-state index in [0.717, 1.165) is 6.07 Å². The number of carbonyl (C=O) groups is 1. The molecule has 162 valence electrons. The van der Waals surface area contributed by atoms with Crippen molar-refractivity contribution < 1.29 is 30.0 Å². The highest BCUT2D eigenvalue weighted by Crippen LogP contribution is 2.27. The Kier molecular flexibility index (Phi) is 5.94. The van der Waals surface area contributed by atoms with Gasteiger partial charge in [-0.3, -0.25) is 9.52 Å². The standard InChI is InChI=1S/C18H20N2O7S3/c1-13(21)19-14-4-2-5-15(10-14)20-30(26,27)17-7-3-6-16(11-17)29(24,25)18-8-9-28(22,23)12-18/h2-7,10-11,18,20H,8-9,12H2,1H3,(H,19,21). The Balaban J connectivity index is 1.89. The van der Waals surface area contributed by atoms with Gasteiger partial charge in [0.15, 0.2) is 19.7 Å². The molecule has 1 aliphatic heterocycles. The van der Waals surface area contributed by atoms with E-state index in [1.165, 1.54) is 37.3 Å². The first-order valence-electron chi connectivity index (χ1n) is 8.84. The second-order valence-electron chi connectivity index (χ2n) is 6.91. The van der Waals surface area contributed by atoms with Crippen LogP contribution < -0.4 is 10.0 Å². The first-order chi connectivity index (χ1) is 13.9. The van der Waals surface area contributed by atoms with Crippen LogP contribution in [-0.2, 0) is 34.5 Å². The maximum Gasteiger partial charge on any atom is 0.261 e. The van der Waals surface area contributed by atoms with Crippen molar-refractivity contribution in [2.75, 3.05) is 21.5 Å². The van der Waals surface area contributed by atoms with Gasteiger partial charge >= 0.3 is 0 Å². The number of sulfonamides is 1. The lowest BCUT2D eigenvalue weighted by Gasteiger charge is -2.13. The number of nitrogens with one attached hydrogen (secondary N) is 2. The van der Waals surface area contributed by atoms with Crippen LogP contribution in [0.2, 0.25) is 0 Å². The van der Waals surface area contributed by atoms with Crippen molar-refractivity contribution in [3.05, 3.63) is 48.5 Å². The third-order valence-corrected chi connectivity index (χ3v) is 10.1. The highest BCUT2D eigenvalue weighted by atomic mass is 32.2. The van der Waals surface area contributed by atoms with E-state index in [1.807, 2.05) is 0 Å². The molecule has 2 aromatic rings. The van der Waals surface area contributed by atoms with Crippen molar-refractivity contribution in [3.8, 4) is 0 Å². The third kappa shape index (κ3) is 4.99. The third-order valence-electron chi connectivity index (χ3n) is 4.51. The van der Waals surface area contributed by atoms with E-state index in [9.17, 15) is 30.0 Å². The van der Waals surface area contributed by atoms with Crippen LogP contribution in [0.5, 0.6) is 0 Å². The maximum absolute atomic E-state index is 12.8. The number of rotatable bonds is 6. The molecule has 30 heavy (non-hydrogen) atoms. The Morgan fingerprint density at radius 1 is 0.967 bits per heavy atom. The Morgan fingerprint density at radius 3 is 2.23 bits per heavy atom. The van der Waals surface area contributed by atoms with Crippen molar-refractivity contribution in [2.45, 2.75) is 28.4 Å². The van der Waals surface area contributed by atoms with Crippen LogP contribution in [0, 0.1) is 0 Å². The summed E-state index contributed by atoms with van der Waals surface area (Å²) in [5.74, 6) is -0.997. The Bertz CT molecular complexity index is 1300. The minimum absolute atomic E-state index is 0.0180. The second-order valence-corrected chi connectivity index (χ2v) is 13.1. The van der Waals surface area contributed by atoms with Crippen molar-refractivity contribution in [1.82, 2.24) is 0 Å². The number of hydrogen-bond donors (Lipinski definition) is 2. The summed E-state index contributed by atoms with van der Waals surface area (Å²) in [5.41, 5.74) is 0.567. The van der Waals surface area contributed by atoms with Crippen LogP contribution in [0.25, 0.3) is 0 Å². The molecule has 9 nitrogen and oxygen atoms in total. The Morgan fingerprint density at radius 2 is 1.60 bits per heavy atom. The molecule has 1 atom stereocenters. The molecule has 0 aliphatic carbocycles. The lowest BCUT2D eigenvalue weighted by molar-refractivity contribution is -0.114. The smallest absolute Gasteiger partial charge is 0.261 e. The van der Waals surface area contributed by atoms with Crippen LogP contribution in [0.3, 0.4) is 0 Å². The summed E-state index contributed by atoms with van der Waals surface area (Å²) < 4.78 is 76.7. The highest BCUT2D eigenvalue weighted by Gasteiger charge is 2.38. The number of benzene rings is 2. The first kappa shape index (κ1) is 22.2. The number of hydrogen-bond acceptors (Lipinski definition) is 7. The number of carbonyl (C=O) groups excluding carboxylic acids is 1. The van der Waals surface area contributed by atoms with E-state index in [1.54, 1.807) is 12.1 Å². The van der Waals surface area contributed by atoms with Gasteiger partial charge in [-0.2, -0.15) is 0 Å². The predicted molar refractivity (Wildman–Crippen MR) is 112 cm³/mol. The quantitative estimate of drug-likeness (QED) is 0.647. The average Bonchev–Trinajstić information content (AvgIpc) is 3.02. The van der Waals surface area contributed by atoms with Crippen molar-refractivity contribution >= 4 is 47.0 Å². The fourth-order valence-electron chi connectivity index (χ4n) is 3.09. The number of anilines is 2. The van der Waals surface area contributed by atoms with Gasteiger partial charge in [0, 0.05) is 12.6 Å². The summed E-state index contributed by atoms with van der Waals surface area (Å²) in [4.78, 5) is 10.6. The van der Waals surface area contributed by atoms with Gasteiger partial charge in [-0.15, -0.1) is 0 Å². The molecule has 2 aromatic carbocycles. The second kappa shape index (κ2) is 8.00. The van der Waals surface area contributed by atoms with E-state index in [-0.39, 0.29) is 33.6 Å². The monoisotopic (exact) mass is 472 g/mol. The first-order valence-corrected chi connectivity index (χ1v) is 13.7. The van der Waals surface area contributed by atoms with Crippen LogP contribution in [0.4, 0.5) is 11.4 Å². The summed E-state index contributed by atoms with van der Waals surface area (Å²) in [5, 5.41) is 1.44. The van der Waals surface area contributed by atoms with E-state index >= 15 is 0 Å². The van der Waals surface area contributed by atoms with Gasteiger partial charge in [-0.05, 0) is 42.8 Å². The maximum atomic E-state index is 12.8. The minimum Gasteiger partial charge on any atom is -0.326 e. The minimum atomic E-state index is -4.13. The average molecular weight is 473 g/mol. The molecule has 0 bridgehead atoms. The molecule has 0 spiro atoms. The number of sulfone groups is 2. The molecule has 1 amide bonds. The zero-order valence-electron chi connectivity index (χ0n) is 15.9. The predicted octanol–water partition coefficient (Wildman–Crippen LogP) is 1.41. The van der Waals surface area contributed by atoms with Crippen molar-refractivity contribution in [3.63, 3.8) is 0 Å². The highest BCUT2D eigenvalue weighted by molar-refractivity contribution is 7.96. The van der Waals surface area contributed by atoms with Crippen LogP contribution in [-0.4, -0.2) is 47.9 Å². The van der Waals surface area contributed by atoms with E-state index < -0.39 is 40.7 Å². The molecule has 1 fully saturated rings. The normalized spacial score (nSPS) is 18.6. The van der Waals surface area contributed by atoms with Gasteiger partial charge in [0.25, 0.3) is 10.0 Å². The van der Waals surface area contributed by atoms with E-state index in [2.05, 4.69) is 10.0 Å². The molecule has 2 N–H and O–H groups in total. The largest absolute Gasteiger partial charge is 0.326 e. The van der Waals surface area contributed by atoms with Gasteiger partial charge in [-0.25, -0.2) is 25.3 Å². The molecule has 3 rings (SSSR count). The lowest BCUT2D eigenvalue weighted by Crippen LogP contribution is -2.23. The Hall–Kier alpha value is -2.44. The Labute approximate surface area is 175 Å². The van der Waals surface area contributed by atoms with E-state index in [4.69, 9.17) is 0 Å². The topological polar surface area (TPSA) is 144 Å². The summed E-state index contributed by atoms with van der Waals surface area (Å²) in [6.45, 7) is 1.32. The van der Waals surface area contributed by atoms with Gasteiger partial charge in [-0.1, -0.05) is 12.1 Å². The summed E-state index contributed by atoms with van der Waals surface area (Å²) in [6.07, 6.45) is -0.0180. The van der Waals surface area contributed by atoms with Crippen LogP contribution in [0.1, 0.15) is 13.3 Å². The molecule has 0 aromatic heterocycles. The summed E-state index contributed by atoms with van der Waals surface area (Å²) >= 11 is 0. The molecular weight excluding hydrogens is 452 g/mol. The molecule has 12 heteroatoms. The van der Waals surface area contributed by atoms with Gasteiger partial charge < -0.3 is 5.32 Å². The molecule has 0 saturated carbocycles. The van der Waals surface area contributed by atoms with Crippen LogP contribution in [0.15, 0.2) is 58.3 Å². The SMILES string of the molecule is CC(=O)Nc1cccc(NS(=O)(=O)c2cccc(S(=O)(=O)C3CCS(=O)(=O)C3)c2)c1. The summed E-state index contributed by atoms with van der Waals surface area (Å²) in [6, 6.07) is 10.8. The molecule has 0 radical (unpaired) electrons. The fourth-order valence-corrected chi connectivity index (χ4v) is 8.67. The zero-order valence-corrected chi connectivity index (χ0v) is 18.3. The van der Waals surface area contributed by atoms with Gasteiger partial charge in [0.1, 0.15) is 0 Å². The molecule has 1 aliphatic rings. The summed E-state index contributed by atoms with van der Waals surface area (Å²) in [7, 11) is -11.6. The molecule has 1 heterocycles. The molecular formula is C18H20N2O7S3. The van der Waals surface area contributed by atoms with E-state index in [0.29, 0.717) is 5.69 Å².